The second-order valence-electron chi connectivity index (χ2n) is 3.86. The number of carboxylic acid groups (broad SMARTS) is 2. The van der Waals surface area contributed by atoms with Crippen LogP contribution < -0.4 is 0 Å². The first-order valence-electron chi connectivity index (χ1n) is 5.74. The van der Waals surface area contributed by atoms with Crippen molar-refractivity contribution in [3.8, 4) is 0 Å². The fraction of sp³-hybridized carbons (Fsp3) is 0.385. The molecule has 0 atom stereocenters. The molecular weight excluding hydrogens is 236 g/mol. The Balaban J connectivity index is 2.93. The van der Waals surface area contributed by atoms with Crippen molar-refractivity contribution in [2.45, 2.75) is 26.4 Å². The second kappa shape index (κ2) is 6.76. The second-order valence-corrected chi connectivity index (χ2v) is 3.86. The molecule has 18 heavy (non-hydrogen) atoms. The highest BCUT2D eigenvalue weighted by Crippen LogP contribution is 2.16. The van der Waals surface area contributed by atoms with Crippen LogP contribution in [0, 0.1) is 0 Å². The van der Waals surface area contributed by atoms with E-state index < -0.39 is 11.9 Å². The number of hydrogen-bond acceptors (Lipinski definition) is 3. The molecular formula is C13H16O5. The van der Waals surface area contributed by atoms with E-state index in [2.05, 4.69) is 0 Å². The molecule has 0 saturated carbocycles. The SMILES string of the molecule is CCCCOCc1cccc(C(=O)O)c1C(=O)O. The summed E-state index contributed by atoms with van der Waals surface area (Å²) in [7, 11) is 0. The van der Waals surface area contributed by atoms with Crippen LogP contribution in [0.5, 0.6) is 0 Å². The zero-order valence-electron chi connectivity index (χ0n) is 10.2. The maximum Gasteiger partial charge on any atom is 0.336 e. The lowest BCUT2D eigenvalue weighted by Gasteiger charge is -2.09. The molecule has 0 aliphatic heterocycles. The number of unbranched alkanes of at least 4 members (excludes halogenated alkanes) is 1. The quantitative estimate of drug-likeness (QED) is 0.728. The van der Waals surface area contributed by atoms with Gasteiger partial charge in [0.25, 0.3) is 0 Å². The number of carbonyl (C=O) groups is 2. The van der Waals surface area contributed by atoms with Gasteiger partial charge in [-0.15, -0.1) is 0 Å². The molecule has 0 fully saturated rings. The summed E-state index contributed by atoms with van der Waals surface area (Å²) in [5.41, 5.74) is -0.0147. The summed E-state index contributed by atoms with van der Waals surface area (Å²) in [5, 5.41) is 18.0. The number of aromatic carboxylic acids is 2. The van der Waals surface area contributed by atoms with E-state index in [4.69, 9.17) is 14.9 Å². The molecule has 0 aromatic heterocycles. The van der Waals surface area contributed by atoms with Gasteiger partial charge >= 0.3 is 11.9 Å². The molecule has 2 N–H and O–H groups in total. The van der Waals surface area contributed by atoms with Gasteiger partial charge in [0.15, 0.2) is 0 Å². The predicted molar refractivity (Wildman–Crippen MR) is 64.9 cm³/mol. The summed E-state index contributed by atoms with van der Waals surface area (Å²) >= 11 is 0. The number of ether oxygens (including phenoxy) is 1. The van der Waals surface area contributed by atoms with E-state index in [9.17, 15) is 9.59 Å². The van der Waals surface area contributed by atoms with Gasteiger partial charge in [0.05, 0.1) is 17.7 Å². The largest absolute Gasteiger partial charge is 0.478 e. The van der Waals surface area contributed by atoms with Crippen LogP contribution in [-0.4, -0.2) is 28.8 Å². The van der Waals surface area contributed by atoms with E-state index in [-0.39, 0.29) is 17.7 Å². The Morgan fingerprint density at radius 2 is 1.94 bits per heavy atom. The highest BCUT2D eigenvalue weighted by molar-refractivity contribution is 6.02. The maximum atomic E-state index is 11.1. The molecule has 1 aromatic carbocycles. The summed E-state index contributed by atoms with van der Waals surface area (Å²) in [6.07, 6.45) is 1.88. The van der Waals surface area contributed by atoms with Crippen molar-refractivity contribution in [3.63, 3.8) is 0 Å². The first-order valence-corrected chi connectivity index (χ1v) is 5.74. The predicted octanol–water partition coefficient (Wildman–Crippen LogP) is 2.40. The number of rotatable bonds is 7. The topological polar surface area (TPSA) is 83.8 Å². The van der Waals surface area contributed by atoms with E-state index in [1.807, 2.05) is 6.92 Å². The fourth-order valence-corrected chi connectivity index (χ4v) is 1.58. The smallest absolute Gasteiger partial charge is 0.336 e. The molecule has 0 radical (unpaired) electrons. The fourth-order valence-electron chi connectivity index (χ4n) is 1.58. The van der Waals surface area contributed by atoms with E-state index in [0.717, 1.165) is 12.8 Å². The normalized spacial score (nSPS) is 10.3. The van der Waals surface area contributed by atoms with Crippen LogP contribution >= 0.6 is 0 Å². The maximum absolute atomic E-state index is 11.1. The lowest BCUT2D eigenvalue weighted by atomic mass is 10.0. The standard InChI is InChI=1S/C13H16O5/c1-2-3-7-18-8-9-5-4-6-10(12(14)15)11(9)13(16)17/h4-6H,2-3,7-8H2,1H3,(H,14,15)(H,16,17). The highest BCUT2D eigenvalue weighted by atomic mass is 16.5. The van der Waals surface area contributed by atoms with Crippen molar-refractivity contribution in [2.24, 2.45) is 0 Å². The van der Waals surface area contributed by atoms with Crippen LogP contribution in [0.2, 0.25) is 0 Å². The third-order valence-corrected chi connectivity index (χ3v) is 2.49. The molecule has 0 unspecified atom stereocenters. The monoisotopic (exact) mass is 252 g/mol. The molecule has 5 nitrogen and oxygen atoms in total. The molecule has 0 heterocycles. The molecule has 0 amide bonds. The molecule has 0 aliphatic carbocycles. The first kappa shape index (κ1) is 14.2. The van der Waals surface area contributed by atoms with Crippen molar-refractivity contribution in [1.29, 1.82) is 0 Å². The van der Waals surface area contributed by atoms with Crippen LogP contribution in [0.25, 0.3) is 0 Å². The van der Waals surface area contributed by atoms with Gasteiger partial charge < -0.3 is 14.9 Å². The van der Waals surface area contributed by atoms with E-state index in [0.29, 0.717) is 12.2 Å². The summed E-state index contributed by atoms with van der Waals surface area (Å²) in [6, 6.07) is 4.37. The lowest BCUT2D eigenvalue weighted by molar-refractivity contribution is 0.0644. The van der Waals surface area contributed by atoms with Gasteiger partial charge in [-0.1, -0.05) is 25.5 Å². The van der Waals surface area contributed by atoms with Crippen molar-refractivity contribution in [1.82, 2.24) is 0 Å². The van der Waals surface area contributed by atoms with Gasteiger partial charge in [0.1, 0.15) is 0 Å². The molecule has 0 saturated heterocycles. The van der Waals surface area contributed by atoms with Gasteiger partial charge in [-0.3, -0.25) is 0 Å². The van der Waals surface area contributed by atoms with Crippen molar-refractivity contribution < 1.29 is 24.5 Å². The molecule has 0 aliphatic rings. The Morgan fingerprint density at radius 1 is 1.22 bits per heavy atom. The van der Waals surface area contributed by atoms with Crippen LogP contribution in [0.1, 0.15) is 46.0 Å². The van der Waals surface area contributed by atoms with Gasteiger partial charge in [0, 0.05) is 6.61 Å². The lowest BCUT2D eigenvalue weighted by Crippen LogP contribution is -2.12. The minimum absolute atomic E-state index is 0.114. The minimum atomic E-state index is -1.25. The van der Waals surface area contributed by atoms with Gasteiger partial charge in [-0.25, -0.2) is 9.59 Å². The summed E-state index contributed by atoms with van der Waals surface area (Å²) in [5.74, 6) is -2.50. The number of hydrogen-bond donors (Lipinski definition) is 2. The Kier molecular flexibility index (Phi) is 5.32. The van der Waals surface area contributed by atoms with E-state index >= 15 is 0 Å². The Hall–Kier alpha value is -1.88. The van der Waals surface area contributed by atoms with Crippen molar-refractivity contribution in [3.05, 3.63) is 34.9 Å². The Bertz CT molecular complexity index is 439. The molecule has 0 spiro atoms. The molecule has 1 rings (SSSR count). The van der Waals surface area contributed by atoms with Gasteiger partial charge in [-0.2, -0.15) is 0 Å². The average Bonchev–Trinajstić information content (AvgIpc) is 2.33. The van der Waals surface area contributed by atoms with Crippen LogP contribution in [0.3, 0.4) is 0 Å². The van der Waals surface area contributed by atoms with Gasteiger partial charge in [0.2, 0.25) is 0 Å². The summed E-state index contributed by atoms with van der Waals surface area (Å²) < 4.78 is 5.33. The van der Waals surface area contributed by atoms with Crippen LogP contribution in [0.4, 0.5) is 0 Å². The first-order chi connectivity index (χ1) is 8.57. The highest BCUT2D eigenvalue weighted by Gasteiger charge is 2.19. The van der Waals surface area contributed by atoms with Gasteiger partial charge in [-0.05, 0) is 18.1 Å². The zero-order chi connectivity index (χ0) is 13.5. The Morgan fingerprint density at radius 3 is 2.50 bits per heavy atom. The summed E-state index contributed by atoms with van der Waals surface area (Å²) in [4.78, 5) is 22.1. The third-order valence-electron chi connectivity index (χ3n) is 2.49. The molecule has 5 heteroatoms. The zero-order valence-corrected chi connectivity index (χ0v) is 10.2. The minimum Gasteiger partial charge on any atom is -0.478 e. The summed E-state index contributed by atoms with van der Waals surface area (Å²) in [6.45, 7) is 2.67. The van der Waals surface area contributed by atoms with Crippen molar-refractivity contribution >= 4 is 11.9 Å². The van der Waals surface area contributed by atoms with Crippen molar-refractivity contribution in [2.75, 3.05) is 6.61 Å². The Labute approximate surface area is 105 Å². The van der Waals surface area contributed by atoms with E-state index in [1.165, 1.54) is 12.1 Å². The molecule has 1 aromatic rings. The van der Waals surface area contributed by atoms with E-state index in [1.54, 1.807) is 6.07 Å². The van der Waals surface area contributed by atoms with Crippen LogP contribution in [-0.2, 0) is 11.3 Å². The third kappa shape index (κ3) is 3.56. The van der Waals surface area contributed by atoms with Crippen LogP contribution in [0.15, 0.2) is 18.2 Å². The molecule has 0 bridgehead atoms. The molecule has 98 valence electrons. The number of benzene rings is 1. The number of carboxylic acids is 2. The average molecular weight is 252 g/mol.